The van der Waals surface area contributed by atoms with Gasteiger partial charge in [-0.15, -0.1) is 0 Å². The van der Waals surface area contributed by atoms with Crippen LogP contribution in [-0.4, -0.2) is 51.3 Å². The first kappa shape index (κ1) is 17.8. The molecule has 6 nitrogen and oxygen atoms in total. The number of carboxylic acids is 2. The number of aliphatic carboxylic acids is 2. The maximum atomic E-state index is 12.1. The summed E-state index contributed by atoms with van der Waals surface area (Å²) in [6, 6.07) is -1.12. The van der Waals surface area contributed by atoms with Crippen molar-refractivity contribution in [3.05, 3.63) is 0 Å². The molecule has 0 aromatic carbocycles. The number of carbonyl (C=O) groups is 3. The maximum Gasteiger partial charge on any atom is 0.326 e. The molecule has 1 unspecified atom stereocenters. The first-order valence-electron chi connectivity index (χ1n) is 6.06. The van der Waals surface area contributed by atoms with Gasteiger partial charge in [-0.2, -0.15) is 12.6 Å². The van der Waals surface area contributed by atoms with Crippen molar-refractivity contribution in [3.8, 4) is 0 Å². The van der Waals surface area contributed by atoms with Crippen LogP contribution in [-0.2, 0) is 14.4 Å². The molecule has 0 aromatic rings. The lowest BCUT2D eigenvalue weighted by molar-refractivity contribution is -0.156. The van der Waals surface area contributed by atoms with Gasteiger partial charge in [0.25, 0.3) is 0 Å². The third kappa shape index (κ3) is 5.96. The molecule has 110 valence electrons. The van der Waals surface area contributed by atoms with E-state index in [1.165, 1.54) is 0 Å². The third-order valence-electron chi connectivity index (χ3n) is 2.64. The SMILES string of the molecule is CC(C)C[C@@H](C(=O)O)N(CC(=O)O)C(=O)C(C)CS. The predicted molar refractivity (Wildman–Crippen MR) is 73.2 cm³/mol. The highest BCUT2D eigenvalue weighted by atomic mass is 32.1. The summed E-state index contributed by atoms with van der Waals surface area (Å²) in [5.41, 5.74) is 0. The third-order valence-corrected chi connectivity index (χ3v) is 3.19. The molecule has 0 aliphatic rings. The lowest BCUT2D eigenvalue weighted by Crippen LogP contribution is -2.50. The molecule has 2 atom stereocenters. The summed E-state index contributed by atoms with van der Waals surface area (Å²) in [6.45, 7) is 4.63. The van der Waals surface area contributed by atoms with Crippen LogP contribution >= 0.6 is 12.6 Å². The van der Waals surface area contributed by atoms with Gasteiger partial charge in [0.1, 0.15) is 12.6 Å². The summed E-state index contributed by atoms with van der Waals surface area (Å²) in [4.78, 5) is 35.1. The maximum absolute atomic E-state index is 12.1. The largest absolute Gasteiger partial charge is 0.480 e. The number of amides is 1. The Bertz CT molecular complexity index is 345. The second-order valence-corrected chi connectivity index (χ2v) is 5.29. The topological polar surface area (TPSA) is 94.9 Å². The second-order valence-electron chi connectivity index (χ2n) is 4.93. The molecule has 0 heterocycles. The number of rotatable bonds is 8. The van der Waals surface area contributed by atoms with E-state index in [-0.39, 0.29) is 18.1 Å². The van der Waals surface area contributed by atoms with E-state index < -0.39 is 36.4 Å². The molecule has 0 aliphatic heterocycles. The molecule has 2 N–H and O–H groups in total. The quantitative estimate of drug-likeness (QED) is 0.579. The number of carbonyl (C=O) groups excluding carboxylic acids is 1. The summed E-state index contributed by atoms with van der Waals surface area (Å²) in [7, 11) is 0. The fourth-order valence-electron chi connectivity index (χ4n) is 1.66. The predicted octanol–water partition coefficient (Wildman–Crippen LogP) is 0.965. The molecular formula is C12H21NO5S. The Hall–Kier alpha value is -1.24. The fraction of sp³-hybridized carbons (Fsp3) is 0.750. The van der Waals surface area contributed by atoms with Crippen molar-refractivity contribution < 1.29 is 24.6 Å². The molecule has 0 aliphatic carbocycles. The zero-order valence-electron chi connectivity index (χ0n) is 11.4. The molecule has 0 radical (unpaired) electrons. The average molecular weight is 291 g/mol. The van der Waals surface area contributed by atoms with Gasteiger partial charge in [0.2, 0.25) is 5.91 Å². The van der Waals surface area contributed by atoms with Gasteiger partial charge >= 0.3 is 11.9 Å². The van der Waals surface area contributed by atoms with E-state index in [4.69, 9.17) is 5.11 Å². The molecule has 7 heteroatoms. The summed E-state index contributed by atoms with van der Waals surface area (Å²) in [5.74, 6) is -3.15. The van der Waals surface area contributed by atoms with E-state index in [0.29, 0.717) is 0 Å². The van der Waals surface area contributed by atoms with Gasteiger partial charge in [0.15, 0.2) is 0 Å². The highest BCUT2D eigenvalue weighted by Crippen LogP contribution is 2.16. The Balaban J connectivity index is 5.22. The van der Waals surface area contributed by atoms with Crippen molar-refractivity contribution in [1.29, 1.82) is 0 Å². The van der Waals surface area contributed by atoms with Crippen molar-refractivity contribution >= 4 is 30.5 Å². The van der Waals surface area contributed by atoms with Crippen molar-refractivity contribution in [2.24, 2.45) is 11.8 Å². The Morgan fingerprint density at radius 3 is 2.00 bits per heavy atom. The minimum absolute atomic E-state index is 0.0384. The molecule has 0 bridgehead atoms. The Kier molecular flexibility index (Phi) is 7.51. The Morgan fingerprint density at radius 1 is 1.16 bits per heavy atom. The Labute approximate surface area is 118 Å². The number of hydrogen-bond acceptors (Lipinski definition) is 4. The molecule has 0 saturated carbocycles. The minimum Gasteiger partial charge on any atom is -0.480 e. The molecule has 0 spiro atoms. The van der Waals surface area contributed by atoms with E-state index in [1.807, 2.05) is 13.8 Å². The molecule has 0 fully saturated rings. The van der Waals surface area contributed by atoms with Gasteiger partial charge in [0, 0.05) is 11.7 Å². The van der Waals surface area contributed by atoms with Crippen LogP contribution in [0.4, 0.5) is 0 Å². The van der Waals surface area contributed by atoms with Crippen LogP contribution in [0.2, 0.25) is 0 Å². The van der Waals surface area contributed by atoms with Crippen LogP contribution in [0.5, 0.6) is 0 Å². The van der Waals surface area contributed by atoms with Crippen LogP contribution < -0.4 is 0 Å². The van der Waals surface area contributed by atoms with Crippen molar-refractivity contribution in [2.75, 3.05) is 12.3 Å². The molecule has 0 rings (SSSR count). The van der Waals surface area contributed by atoms with Gasteiger partial charge in [-0.3, -0.25) is 9.59 Å². The standard InChI is InChI=1S/C12H21NO5S/c1-7(2)4-9(12(17)18)13(5-10(14)15)11(16)8(3)6-19/h7-9,19H,4-6H2,1-3H3,(H,14,15)(H,17,18)/t8?,9-/m0/s1. The van der Waals surface area contributed by atoms with Crippen LogP contribution in [0.25, 0.3) is 0 Å². The van der Waals surface area contributed by atoms with Gasteiger partial charge in [-0.1, -0.05) is 20.8 Å². The fourth-order valence-corrected chi connectivity index (χ4v) is 1.81. The second kappa shape index (κ2) is 8.04. The minimum atomic E-state index is -1.23. The highest BCUT2D eigenvalue weighted by molar-refractivity contribution is 7.80. The van der Waals surface area contributed by atoms with Gasteiger partial charge < -0.3 is 15.1 Å². The van der Waals surface area contributed by atoms with Crippen molar-refractivity contribution in [3.63, 3.8) is 0 Å². The van der Waals surface area contributed by atoms with Gasteiger partial charge in [0.05, 0.1) is 0 Å². The molecule has 19 heavy (non-hydrogen) atoms. The van der Waals surface area contributed by atoms with Crippen molar-refractivity contribution in [1.82, 2.24) is 4.90 Å². The molecule has 0 aromatic heterocycles. The number of thiol groups is 1. The average Bonchev–Trinajstić information content (AvgIpc) is 2.30. The number of nitrogens with zero attached hydrogens (tertiary/aromatic N) is 1. The summed E-state index contributed by atoms with van der Waals surface area (Å²) >= 11 is 3.99. The first-order valence-corrected chi connectivity index (χ1v) is 6.69. The molecule has 0 saturated heterocycles. The smallest absolute Gasteiger partial charge is 0.326 e. The summed E-state index contributed by atoms with van der Waals surface area (Å²) < 4.78 is 0. The number of carboxylic acid groups (broad SMARTS) is 2. The molecule has 1 amide bonds. The van der Waals surface area contributed by atoms with E-state index in [2.05, 4.69) is 12.6 Å². The van der Waals surface area contributed by atoms with E-state index in [0.717, 1.165) is 4.90 Å². The van der Waals surface area contributed by atoms with E-state index >= 15 is 0 Å². The Morgan fingerprint density at radius 2 is 1.68 bits per heavy atom. The normalized spacial score (nSPS) is 13.9. The summed E-state index contributed by atoms with van der Waals surface area (Å²) in [5, 5.41) is 18.0. The monoisotopic (exact) mass is 291 g/mol. The van der Waals surface area contributed by atoms with E-state index in [9.17, 15) is 19.5 Å². The van der Waals surface area contributed by atoms with Gasteiger partial charge in [-0.05, 0) is 12.3 Å². The lowest BCUT2D eigenvalue weighted by atomic mass is 10.0. The highest BCUT2D eigenvalue weighted by Gasteiger charge is 2.33. The zero-order chi connectivity index (χ0) is 15.2. The van der Waals surface area contributed by atoms with E-state index in [1.54, 1.807) is 6.92 Å². The molecular weight excluding hydrogens is 270 g/mol. The van der Waals surface area contributed by atoms with Crippen LogP contribution in [0.3, 0.4) is 0 Å². The number of hydrogen-bond donors (Lipinski definition) is 3. The van der Waals surface area contributed by atoms with Crippen LogP contribution in [0, 0.1) is 11.8 Å². The zero-order valence-corrected chi connectivity index (χ0v) is 12.3. The van der Waals surface area contributed by atoms with Crippen LogP contribution in [0.1, 0.15) is 27.2 Å². The van der Waals surface area contributed by atoms with Crippen LogP contribution in [0.15, 0.2) is 0 Å². The van der Waals surface area contributed by atoms with Crippen molar-refractivity contribution in [2.45, 2.75) is 33.2 Å². The van der Waals surface area contributed by atoms with Gasteiger partial charge in [-0.25, -0.2) is 4.79 Å². The lowest BCUT2D eigenvalue weighted by Gasteiger charge is -2.30. The first-order chi connectivity index (χ1) is 8.70. The summed E-state index contributed by atoms with van der Waals surface area (Å²) in [6.07, 6.45) is 0.216.